The highest BCUT2D eigenvalue weighted by atomic mass is 16.5. The van der Waals surface area contributed by atoms with Gasteiger partial charge in [-0.05, 0) is 49.4 Å². The van der Waals surface area contributed by atoms with Crippen molar-refractivity contribution in [2.75, 3.05) is 19.1 Å². The lowest BCUT2D eigenvalue weighted by atomic mass is 9.88. The maximum atomic E-state index is 13.5. The Bertz CT molecular complexity index is 1120. The van der Waals surface area contributed by atoms with Crippen LogP contribution in [-0.2, 0) is 4.79 Å². The summed E-state index contributed by atoms with van der Waals surface area (Å²) in [6, 6.07) is 14.2. The molecule has 4 rings (SSSR count). The zero-order valence-corrected chi connectivity index (χ0v) is 17.7. The van der Waals surface area contributed by atoms with Crippen LogP contribution in [0.2, 0.25) is 0 Å². The van der Waals surface area contributed by atoms with Gasteiger partial charge in [0, 0.05) is 17.8 Å². The van der Waals surface area contributed by atoms with E-state index < -0.39 is 23.3 Å². The number of carbonyl (C=O) groups is 2. The van der Waals surface area contributed by atoms with Crippen LogP contribution in [-0.4, -0.2) is 37.8 Å². The average Bonchev–Trinajstić information content (AvgIpc) is 3.65. The fraction of sp³-hybridized carbons (Fsp3) is 0.333. The third kappa shape index (κ3) is 3.55. The predicted molar refractivity (Wildman–Crippen MR) is 116 cm³/mol. The number of carbonyl (C=O) groups excluding carboxylic acids is 2. The summed E-state index contributed by atoms with van der Waals surface area (Å²) in [4.78, 5) is 32.4. The molecule has 0 aromatic heterocycles. The van der Waals surface area contributed by atoms with E-state index >= 15 is 0 Å². The Kier molecular flexibility index (Phi) is 5.24. The molecule has 2 aromatic carbocycles. The Labute approximate surface area is 180 Å². The van der Waals surface area contributed by atoms with Crippen molar-refractivity contribution in [2.24, 2.45) is 10.9 Å². The number of ether oxygens (including phenoxy) is 2. The standard InChI is InChI=1S/C24H23N3O4/c1-24(14-25,15-8-9-15)26-13-19-17-6-4-5-7-18(17)22(28)27(23(19)29)16-10-11-20(30-2)21(12-16)31-3/h4-7,10-13,15,19H,8-9H2,1-3H3/t19?,24-/m1/s1. The van der Waals surface area contributed by atoms with Gasteiger partial charge >= 0.3 is 0 Å². The van der Waals surface area contributed by atoms with Gasteiger partial charge in [0.25, 0.3) is 5.91 Å². The summed E-state index contributed by atoms with van der Waals surface area (Å²) < 4.78 is 10.6. The summed E-state index contributed by atoms with van der Waals surface area (Å²) in [6.45, 7) is 1.79. The number of aliphatic imine (C=N–C) groups is 1. The quantitative estimate of drug-likeness (QED) is 0.527. The Hall–Kier alpha value is -3.66. The minimum absolute atomic E-state index is 0.200. The summed E-state index contributed by atoms with van der Waals surface area (Å²) in [5, 5.41) is 9.63. The largest absolute Gasteiger partial charge is 0.493 e. The van der Waals surface area contributed by atoms with Gasteiger partial charge in [-0.15, -0.1) is 0 Å². The topological polar surface area (TPSA) is 92.0 Å². The average molecular weight is 417 g/mol. The second-order valence-electron chi connectivity index (χ2n) is 7.89. The van der Waals surface area contributed by atoms with Gasteiger partial charge in [0.2, 0.25) is 5.91 Å². The lowest BCUT2D eigenvalue weighted by Crippen LogP contribution is -2.45. The summed E-state index contributed by atoms with van der Waals surface area (Å²) in [5.74, 6) is -0.496. The van der Waals surface area contributed by atoms with Crippen molar-refractivity contribution in [2.45, 2.75) is 31.2 Å². The van der Waals surface area contributed by atoms with Crippen molar-refractivity contribution >= 4 is 23.7 Å². The molecular formula is C24H23N3O4. The van der Waals surface area contributed by atoms with Crippen LogP contribution in [0.1, 0.15) is 41.6 Å². The van der Waals surface area contributed by atoms with Crippen LogP contribution in [0.4, 0.5) is 5.69 Å². The number of anilines is 1. The van der Waals surface area contributed by atoms with Crippen LogP contribution in [0, 0.1) is 17.2 Å². The van der Waals surface area contributed by atoms with E-state index in [4.69, 9.17) is 9.47 Å². The van der Waals surface area contributed by atoms with Crippen LogP contribution in [0.3, 0.4) is 0 Å². The van der Waals surface area contributed by atoms with Crippen LogP contribution in [0.15, 0.2) is 47.5 Å². The van der Waals surface area contributed by atoms with E-state index in [1.54, 1.807) is 49.4 Å². The smallest absolute Gasteiger partial charge is 0.265 e. The number of hydrogen-bond acceptors (Lipinski definition) is 6. The van der Waals surface area contributed by atoms with E-state index in [9.17, 15) is 14.9 Å². The highest BCUT2D eigenvalue weighted by Crippen LogP contribution is 2.42. The normalized spacial score (nSPS) is 20.2. The monoisotopic (exact) mass is 417 g/mol. The van der Waals surface area contributed by atoms with Crippen LogP contribution >= 0.6 is 0 Å². The molecule has 1 fully saturated rings. The number of nitriles is 1. The Morgan fingerprint density at radius 2 is 1.84 bits per heavy atom. The molecule has 1 heterocycles. The number of nitrogens with zero attached hydrogens (tertiary/aromatic N) is 3. The van der Waals surface area contributed by atoms with Gasteiger partial charge in [-0.2, -0.15) is 5.26 Å². The third-order valence-electron chi connectivity index (χ3n) is 5.93. The Morgan fingerprint density at radius 1 is 1.13 bits per heavy atom. The summed E-state index contributed by atoms with van der Waals surface area (Å²) in [5.41, 5.74) is 0.531. The van der Waals surface area contributed by atoms with Gasteiger partial charge in [-0.3, -0.25) is 14.6 Å². The van der Waals surface area contributed by atoms with Crippen molar-refractivity contribution < 1.29 is 19.1 Å². The van der Waals surface area contributed by atoms with E-state index in [-0.39, 0.29) is 5.92 Å². The maximum Gasteiger partial charge on any atom is 0.265 e. The molecule has 0 saturated heterocycles. The first-order valence-corrected chi connectivity index (χ1v) is 10.1. The predicted octanol–water partition coefficient (Wildman–Crippen LogP) is 3.74. The molecule has 1 saturated carbocycles. The fourth-order valence-corrected chi connectivity index (χ4v) is 3.91. The second kappa shape index (κ2) is 7.88. The molecule has 0 N–H and O–H groups in total. The van der Waals surface area contributed by atoms with Crippen molar-refractivity contribution in [3.63, 3.8) is 0 Å². The van der Waals surface area contributed by atoms with Gasteiger partial charge in [0.15, 0.2) is 11.5 Å². The Balaban J connectivity index is 1.78. The number of hydrogen-bond donors (Lipinski definition) is 0. The van der Waals surface area contributed by atoms with Crippen LogP contribution in [0.25, 0.3) is 0 Å². The zero-order chi connectivity index (χ0) is 22.2. The SMILES string of the molecule is COc1ccc(N2C(=O)c3ccccc3C(C=N[C@](C)(C#N)C3CC3)C2=O)cc1OC. The molecule has 1 unspecified atom stereocenters. The van der Waals surface area contributed by atoms with Crippen molar-refractivity contribution in [1.29, 1.82) is 5.26 Å². The number of benzene rings is 2. The number of imide groups is 1. The van der Waals surface area contributed by atoms with Crippen LogP contribution in [0.5, 0.6) is 11.5 Å². The van der Waals surface area contributed by atoms with Gasteiger partial charge < -0.3 is 9.47 Å². The molecule has 0 bridgehead atoms. The molecule has 31 heavy (non-hydrogen) atoms. The van der Waals surface area contributed by atoms with Crippen molar-refractivity contribution in [3.05, 3.63) is 53.6 Å². The van der Waals surface area contributed by atoms with Crippen molar-refractivity contribution in [1.82, 2.24) is 0 Å². The number of amides is 2. The number of methoxy groups -OCH3 is 2. The molecule has 2 amide bonds. The maximum absolute atomic E-state index is 13.5. The fourth-order valence-electron chi connectivity index (χ4n) is 3.91. The first-order valence-electron chi connectivity index (χ1n) is 10.1. The van der Waals surface area contributed by atoms with Crippen molar-refractivity contribution in [3.8, 4) is 17.6 Å². The molecule has 0 radical (unpaired) electrons. The molecule has 2 atom stereocenters. The van der Waals surface area contributed by atoms with Gasteiger partial charge in [0.05, 0.1) is 31.9 Å². The molecular weight excluding hydrogens is 394 g/mol. The molecule has 1 aliphatic carbocycles. The molecule has 1 aliphatic heterocycles. The second-order valence-corrected chi connectivity index (χ2v) is 7.89. The summed E-state index contributed by atoms with van der Waals surface area (Å²) >= 11 is 0. The highest BCUT2D eigenvalue weighted by molar-refractivity contribution is 6.29. The summed E-state index contributed by atoms with van der Waals surface area (Å²) in [6.07, 6.45) is 3.43. The molecule has 7 heteroatoms. The highest BCUT2D eigenvalue weighted by Gasteiger charge is 2.43. The van der Waals surface area contributed by atoms with E-state index in [1.807, 2.05) is 0 Å². The molecule has 2 aliphatic rings. The van der Waals surface area contributed by atoms with E-state index in [1.165, 1.54) is 20.4 Å². The van der Waals surface area contributed by atoms with E-state index in [0.717, 1.165) is 17.7 Å². The first kappa shape index (κ1) is 20.6. The van der Waals surface area contributed by atoms with Crippen LogP contribution < -0.4 is 14.4 Å². The van der Waals surface area contributed by atoms with Gasteiger partial charge in [-0.25, -0.2) is 4.90 Å². The number of rotatable bonds is 6. The molecule has 7 nitrogen and oxygen atoms in total. The zero-order valence-electron chi connectivity index (χ0n) is 17.7. The molecule has 0 spiro atoms. The minimum atomic E-state index is -0.870. The minimum Gasteiger partial charge on any atom is -0.493 e. The third-order valence-corrected chi connectivity index (χ3v) is 5.93. The molecule has 158 valence electrons. The lowest BCUT2D eigenvalue weighted by Gasteiger charge is -2.31. The molecule has 2 aromatic rings. The van der Waals surface area contributed by atoms with Gasteiger partial charge in [0.1, 0.15) is 5.54 Å². The van der Waals surface area contributed by atoms with E-state index in [0.29, 0.717) is 28.3 Å². The van der Waals surface area contributed by atoms with E-state index in [2.05, 4.69) is 11.1 Å². The first-order chi connectivity index (χ1) is 14.9. The number of fused-ring (bicyclic) bond motifs is 1. The van der Waals surface area contributed by atoms with Gasteiger partial charge in [-0.1, -0.05) is 18.2 Å². The Morgan fingerprint density at radius 3 is 2.48 bits per heavy atom. The summed E-state index contributed by atoms with van der Waals surface area (Å²) in [7, 11) is 3.01. The lowest BCUT2D eigenvalue weighted by molar-refractivity contribution is -0.118.